The highest BCUT2D eigenvalue weighted by Crippen LogP contribution is 2.57. The van der Waals surface area contributed by atoms with Crippen molar-refractivity contribution in [3.63, 3.8) is 0 Å². The second-order valence-corrected chi connectivity index (χ2v) is 19.7. The number of ketones is 1. The van der Waals surface area contributed by atoms with E-state index >= 15 is 4.79 Å². The van der Waals surface area contributed by atoms with Crippen LogP contribution >= 0.6 is 0 Å². The summed E-state index contributed by atoms with van der Waals surface area (Å²) in [5, 5.41) is 2.59. The highest BCUT2D eigenvalue weighted by Gasteiger charge is 2.61. The summed E-state index contributed by atoms with van der Waals surface area (Å²) < 4.78 is 81.7. The van der Waals surface area contributed by atoms with Crippen LogP contribution in [0, 0.1) is 17.3 Å². The van der Waals surface area contributed by atoms with Crippen molar-refractivity contribution in [1.82, 2.24) is 24.9 Å². The molecule has 3 amide bonds. The van der Waals surface area contributed by atoms with Crippen LogP contribution in [0.2, 0.25) is 0 Å². The van der Waals surface area contributed by atoms with E-state index in [1.54, 1.807) is 42.5 Å². The molecule has 4 aliphatic rings. The van der Waals surface area contributed by atoms with E-state index in [4.69, 9.17) is 14.1 Å². The van der Waals surface area contributed by atoms with Crippen molar-refractivity contribution < 1.29 is 49.9 Å². The molecular weight excluding hydrogens is 864 g/mol. The zero-order valence-corrected chi connectivity index (χ0v) is 36.4. The number of fused-ring (bicyclic) bond motifs is 5. The molecule has 2 aliphatic heterocycles. The zero-order valence-electron chi connectivity index (χ0n) is 35.6. The number of alkyl halides is 3. The van der Waals surface area contributed by atoms with Gasteiger partial charge in [0.05, 0.1) is 28.8 Å². The van der Waals surface area contributed by atoms with Crippen LogP contribution in [0.25, 0.3) is 33.5 Å². The molecule has 1 saturated heterocycles. The molecule has 17 heteroatoms. The molecule has 2 N–H and O–H groups in total. The molecule has 65 heavy (non-hydrogen) atoms. The van der Waals surface area contributed by atoms with Gasteiger partial charge in [-0.15, -0.1) is 0 Å². The molecule has 13 nitrogen and oxygen atoms in total. The quantitative estimate of drug-likeness (QED) is 0.139. The number of furan rings is 1. The van der Waals surface area contributed by atoms with E-state index in [-0.39, 0.29) is 72.8 Å². The number of amides is 3. The molecular formula is C48H48F3N5O8S. The van der Waals surface area contributed by atoms with Crippen LogP contribution in [-0.2, 0) is 37.0 Å². The first kappa shape index (κ1) is 44.1. The maximum Gasteiger partial charge on any atom is 0.416 e. The summed E-state index contributed by atoms with van der Waals surface area (Å²) in [6.07, 6.45) is 3.14. The fourth-order valence-corrected chi connectivity index (χ4v) is 10.7. The number of benzene rings is 3. The largest absolute Gasteiger partial charge is 0.470 e. The van der Waals surface area contributed by atoms with E-state index in [1.165, 1.54) is 24.1 Å². The summed E-state index contributed by atoms with van der Waals surface area (Å²) in [5.74, 6) is -2.68. The van der Waals surface area contributed by atoms with Crippen LogP contribution in [0.1, 0.15) is 85.7 Å². The number of aromatic nitrogens is 2. The number of hydrogen-bond acceptors (Lipinski definition) is 10. The van der Waals surface area contributed by atoms with Gasteiger partial charge in [0.2, 0.25) is 27.4 Å². The Balaban J connectivity index is 1.08. The molecule has 340 valence electrons. The van der Waals surface area contributed by atoms with E-state index in [0.717, 1.165) is 30.5 Å². The summed E-state index contributed by atoms with van der Waals surface area (Å²) in [5.41, 5.74) is 0.283. The van der Waals surface area contributed by atoms with Gasteiger partial charge in [-0.1, -0.05) is 61.4 Å². The first-order valence-electron chi connectivity index (χ1n) is 22.0. The van der Waals surface area contributed by atoms with Gasteiger partial charge in [0.25, 0.3) is 11.8 Å². The molecule has 0 spiro atoms. The minimum Gasteiger partial charge on any atom is -0.470 e. The third kappa shape index (κ3) is 9.11. The number of carbonyl (C=O) groups is 4. The monoisotopic (exact) mass is 911 g/mol. The summed E-state index contributed by atoms with van der Waals surface area (Å²) >= 11 is 0. The molecule has 0 radical (unpaired) electrons. The molecule has 4 heterocycles. The van der Waals surface area contributed by atoms with Crippen molar-refractivity contribution >= 4 is 55.6 Å². The number of nitrogens with one attached hydrogen (secondary N) is 2. The third-order valence-corrected chi connectivity index (χ3v) is 15.0. The average molecular weight is 912 g/mol. The Kier molecular flexibility index (Phi) is 11.8. The van der Waals surface area contributed by atoms with Crippen LogP contribution in [0.5, 0.6) is 5.88 Å². The van der Waals surface area contributed by atoms with Crippen LogP contribution in [0.4, 0.5) is 13.2 Å². The number of hydrogen-bond donors (Lipinski definition) is 2. The lowest BCUT2D eigenvalue weighted by atomic mass is 9.89. The Bertz CT molecular complexity index is 2820. The van der Waals surface area contributed by atoms with Gasteiger partial charge in [-0.2, -0.15) is 18.2 Å². The predicted molar refractivity (Wildman–Crippen MR) is 234 cm³/mol. The van der Waals surface area contributed by atoms with Gasteiger partial charge in [-0.3, -0.25) is 23.9 Å². The first-order valence-corrected chi connectivity index (χ1v) is 23.6. The van der Waals surface area contributed by atoms with Gasteiger partial charge in [0.15, 0.2) is 11.6 Å². The number of rotatable bonds is 9. The molecule has 2 aliphatic carbocycles. The smallest absolute Gasteiger partial charge is 0.416 e. The second-order valence-electron chi connectivity index (χ2n) is 17.7. The fraction of sp³-hybridized carbons (Fsp3) is 0.417. The number of para-hydroxylation sites is 1. The van der Waals surface area contributed by atoms with E-state index in [0.29, 0.717) is 54.2 Å². The molecule has 5 atom stereocenters. The lowest BCUT2D eigenvalue weighted by Crippen LogP contribution is -2.46. The number of allylic oxidation sites excluding steroid dienone is 2. The van der Waals surface area contributed by atoms with E-state index in [9.17, 15) is 36.0 Å². The molecule has 2 aromatic heterocycles. The van der Waals surface area contributed by atoms with Crippen molar-refractivity contribution in [3.8, 4) is 17.3 Å². The minimum absolute atomic E-state index is 0.0106. The second kappa shape index (κ2) is 17.4. The molecule has 2 saturated carbocycles. The maximum absolute atomic E-state index is 15.1. The van der Waals surface area contributed by atoms with Gasteiger partial charge in [-0.25, -0.2) is 13.4 Å². The number of nitrogens with zero attached hydrogens (tertiary/aromatic N) is 3. The minimum atomic E-state index is -4.56. The van der Waals surface area contributed by atoms with Gasteiger partial charge in [0.1, 0.15) is 17.2 Å². The molecule has 9 rings (SSSR count). The summed E-state index contributed by atoms with van der Waals surface area (Å²) in [4.78, 5) is 67.3. The number of ether oxygens (including phenoxy) is 1. The molecule has 5 aromatic rings. The molecule has 0 bridgehead atoms. The molecule has 0 unspecified atom stereocenters. The van der Waals surface area contributed by atoms with E-state index in [2.05, 4.69) is 15.0 Å². The number of Topliss-reactive ketones (excluding diaryl/α,β-unsaturated/α-hetero) is 1. The van der Waals surface area contributed by atoms with Gasteiger partial charge in [-0.05, 0) is 92.8 Å². The topological polar surface area (TPSA) is 178 Å². The highest BCUT2D eigenvalue weighted by molar-refractivity contribution is 7.90. The summed E-state index contributed by atoms with van der Waals surface area (Å²) in [6.45, 7) is -0.0655. The van der Waals surface area contributed by atoms with Crippen molar-refractivity contribution in [3.05, 3.63) is 102 Å². The zero-order chi connectivity index (χ0) is 45.7. The average Bonchev–Trinajstić information content (AvgIpc) is 4.19. The standard InChI is InChI=1S/C48H48F3N5O8S/c1-52-43(58)30-12-9-10-28(22-30)23-31-11-5-3-2-4-6-13-33-25-47(33,46(60)55-65(61,62)35-20-21-35)26-38(57)37-24-34(27-56(37)45(31)59)63-44-41-40(36-14-7-8-15-39(36)64-41)53-42(54-44)29-16-18-32(19-17-29)48(49,50)51/h6-10,12-19,22,31,33-35,37H,2-5,11,20-21,23-27H2,1H3,(H,52,58)(H,55,60)/b13-6-/t31-,33+,34-,37+,47-/m1/s1. The van der Waals surface area contributed by atoms with Crippen LogP contribution in [-0.4, -0.2) is 77.8 Å². The summed E-state index contributed by atoms with van der Waals surface area (Å²) in [7, 11) is -2.38. The number of carbonyl (C=O) groups excluding carboxylic acids is 4. The van der Waals surface area contributed by atoms with Crippen molar-refractivity contribution in [1.29, 1.82) is 0 Å². The van der Waals surface area contributed by atoms with Gasteiger partial charge < -0.3 is 19.4 Å². The Morgan fingerprint density at radius 1 is 0.969 bits per heavy atom. The normalized spacial score (nSPS) is 24.7. The van der Waals surface area contributed by atoms with Crippen molar-refractivity contribution in [2.45, 2.75) is 94.2 Å². The van der Waals surface area contributed by atoms with Gasteiger partial charge >= 0.3 is 6.18 Å². The Labute approximate surface area is 373 Å². The van der Waals surface area contributed by atoms with Crippen LogP contribution in [0.3, 0.4) is 0 Å². The van der Waals surface area contributed by atoms with E-state index < -0.39 is 62.2 Å². The first-order chi connectivity index (χ1) is 31.1. The SMILES string of the molecule is CNC(=O)c1cccc(C[C@H]2CCCCC/C=C\[C@H]3C[C@@]3(C(=O)NS(=O)(=O)C3CC3)CC(=O)[C@@H]3C[C@@H](Oc4nc(-c5ccc(C(F)(F)F)cc5)nc5c4oc4ccccc45)CN3C2=O)c1. The Hall–Kier alpha value is -6.10. The Morgan fingerprint density at radius 2 is 1.75 bits per heavy atom. The van der Waals surface area contributed by atoms with Crippen molar-refractivity contribution in [2.75, 3.05) is 13.6 Å². The highest BCUT2D eigenvalue weighted by atomic mass is 32.2. The van der Waals surface area contributed by atoms with Crippen LogP contribution < -0.4 is 14.8 Å². The fourth-order valence-electron chi connectivity index (χ4n) is 9.33. The van der Waals surface area contributed by atoms with Gasteiger partial charge in [0, 0.05) is 42.3 Å². The molecule has 3 aromatic carbocycles. The number of halogens is 3. The lowest BCUT2D eigenvalue weighted by molar-refractivity contribution is -0.142. The molecule has 3 fully saturated rings. The van der Waals surface area contributed by atoms with Crippen LogP contribution in [0.15, 0.2) is 89.4 Å². The number of sulfonamides is 1. The third-order valence-electron chi connectivity index (χ3n) is 13.2. The van der Waals surface area contributed by atoms with E-state index in [1.807, 2.05) is 18.2 Å². The van der Waals surface area contributed by atoms with Crippen molar-refractivity contribution in [2.24, 2.45) is 17.3 Å². The lowest BCUT2D eigenvalue weighted by Gasteiger charge is -2.29. The maximum atomic E-state index is 15.1. The Morgan fingerprint density at radius 3 is 2.51 bits per heavy atom. The summed E-state index contributed by atoms with van der Waals surface area (Å²) in [6, 6.07) is 17.5. The predicted octanol–water partition coefficient (Wildman–Crippen LogP) is 7.72.